The van der Waals surface area contributed by atoms with Crippen molar-refractivity contribution in [3.63, 3.8) is 0 Å². The van der Waals surface area contributed by atoms with Crippen LogP contribution in [0.2, 0.25) is 0 Å². The molecule has 0 bridgehead atoms. The number of aliphatic carboxylic acids is 1. The van der Waals surface area contributed by atoms with E-state index in [0.29, 0.717) is 30.6 Å². The first kappa shape index (κ1) is 19.0. The van der Waals surface area contributed by atoms with Gasteiger partial charge in [0.2, 0.25) is 10.0 Å². The number of anilines is 1. The van der Waals surface area contributed by atoms with E-state index in [0.717, 1.165) is 0 Å². The maximum absolute atomic E-state index is 12.3. The van der Waals surface area contributed by atoms with Crippen LogP contribution in [-0.4, -0.2) is 49.6 Å². The van der Waals surface area contributed by atoms with Gasteiger partial charge in [0.15, 0.2) is 0 Å². The van der Waals surface area contributed by atoms with Crippen LogP contribution >= 0.6 is 0 Å². The summed E-state index contributed by atoms with van der Waals surface area (Å²) in [4.78, 5) is 24.2. The topological polar surface area (TPSA) is 104 Å². The molecule has 7 nitrogen and oxygen atoms in total. The van der Waals surface area contributed by atoms with Crippen LogP contribution in [0.5, 0.6) is 0 Å². The van der Waals surface area contributed by atoms with E-state index >= 15 is 0 Å². The predicted molar refractivity (Wildman–Crippen MR) is 88.0 cm³/mol. The second-order valence-electron chi connectivity index (χ2n) is 5.23. The molecular weight excluding hydrogens is 320 g/mol. The van der Waals surface area contributed by atoms with E-state index in [9.17, 15) is 18.0 Å². The van der Waals surface area contributed by atoms with Gasteiger partial charge in [0.1, 0.15) is 0 Å². The number of nitrogens with one attached hydrogen (secondary N) is 1. The fourth-order valence-electron chi connectivity index (χ4n) is 2.00. The number of nitrogens with zero attached hydrogens (tertiary/aromatic N) is 1. The second-order valence-corrected chi connectivity index (χ2v) is 7.07. The average molecular weight is 342 g/mol. The van der Waals surface area contributed by atoms with Crippen molar-refractivity contribution in [1.29, 1.82) is 0 Å². The molecule has 0 saturated carbocycles. The van der Waals surface area contributed by atoms with Crippen LogP contribution in [-0.2, 0) is 14.8 Å². The molecule has 8 heteroatoms. The van der Waals surface area contributed by atoms with E-state index in [-0.39, 0.29) is 18.1 Å². The lowest BCUT2D eigenvalue weighted by molar-refractivity contribution is -0.137. The third kappa shape index (κ3) is 6.68. The van der Waals surface area contributed by atoms with Crippen LogP contribution in [0, 0.1) is 0 Å². The van der Waals surface area contributed by atoms with Gasteiger partial charge in [0, 0.05) is 31.3 Å². The number of hydrogen-bond acceptors (Lipinski definition) is 4. The number of sulfonamides is 1. The molecule has 0 unspecified atom stereocenters. The molecule has 0 saturated heterocycles. The van der Waals surface area contributed by atoms with E-state index in [2.05, 4.69) is 4.72 Å². The molecule has 23 heavy (non-hydrogen) atoms. The van der Waals surface area contributed by atoms with Crippen LogP contribution < -0.4 is 4.72 Å². The van der Waals surface area contributed by atoms with Crippen molar-refractivity contribution in [2.75, 3.05) is 24.1 Å². The summed E-state index contributed by atoms with van der Waals surface area (Å²) in [7, 11) is -1.83. The molecule has 0 aliphatic rings. The maximum atomic E-state index is 12.3. The predicted octanol–water partition coefficient (Wildman–Crippen LogP) is 1.78. The molecule has 1 amide bonds. The first-order valence-corrected chi connectivity index (χ1v) is 8.98. The van der Waals surface area contributed by atoms with Gasteiger partial charge >= 0.3 is 5.97 Å². The van der Waals surface area contributed by atoms with E-state index in [1.807, 2.05) is 0 Å². The van der Waals surface area contributed by atoms with Crippen LogP contribution in [0.25, 0.3) is 0 Å². The Morgan fingerprint density at radius 1 is 1.30 bits per heavy atom. The van der Waals surface area contributed by atoms with Crippen molar-refractivity contribution < 1.29 is 23.1 Å². The number of carbonyl (C=O) groups excluding carboxylic acids is 1. The molecule has 1 rings (SSSR count). The highest BCUT2D eigenvalue weighted by molar-refractivity contribution is 7.92. The Hall–Kier alpha value is -2.09. The standard InChI is InChI=1S/C15H22N2O5S/c1-3-10-23(21,22)16-13-7-4-6-12(11-13)15(20)17(2)9-5-8-14(18)19/h4,6-7,11,16H,3,5,8-10H2,1-2H3,(H,18,19). The SMILES string of the molecule is CCCS(=O)(=O)Nc1cccc(C(=O)N(C)CCCC(=O)O)c1. The maximum Gasteiger partial charge on any atom is 0.303 e. The lowest BCUT2D eigenvalue weighted by atomic mass is 10.1. The Labute approximate surface area is 136 Å². The summed E-state index contributed by atoms with van der Waals surface area (Å²) in [5.41, 5.74) is 0.683. The molecule has 0 radical (unpaired) electrons. The highest BCUT2D eigenvalue weighted by Gasteiger charge is 2.14. The van der Waals surface area contributed by atoms with Crippen LogP contribution in [0.3, 0.4) is 0 Å². The largest absolute Gasteiger partial charge is 0.481 e. The number of carbonyl (C=O) groups is 2. The van der Waals surface area contributed by atoms with Crippen molar-refractivity contribution in [3.8, 4) is 0 Å². The highest BCUT2D eigenvalue weighted by Crippen LogP contribution is 2.14. The molecule has 128 valence electrons. The number of amides is 1. The van der Waals surface area contributed by atoms with Gasteiger partial charge in [-0.1, -0.05) is 13.0 Å². The lowest BCUT2D eigenvalue weighted by Crippen LogP contribution is -2.28. The van der Waals surface area contributed by atoms with Gasteiger partial charge in [-0.25, -0.2) is 8.42 Å². The molecule has 2 N–H and O–H groups in total. The van der Waals surface area contributed by atoms with Crippen molar-refractivity contribution >= 4 is 27.6 Å². The molecule has 1 aromatic rings. The summed E-state index contributed by atoms with van der Waals surface area (Å²) in [6.45, 7) is 2.09. The fourth-order valence-corrected chi connectivity index (χ4v) is 3.13. The Morgan fingerprint density at radius 3 is 2.61 bits per heavy atom. The van der Waals surface area contributed by atoms with Crippen molar-refractivity contribution in [1.82, 2.24) is 4.90 Å². The van der Waals surface area contributed by atoms with Gasteiger partial charge in [0.25, 0.3) is 5.91 Å². The minimum atomic E-state index is -3.41. The summed E-state index contributed by atoms with van der Waals surface area (Å²) in [6, 6.07) is 6.24. The van der Waals surface area contributed by atoms with E-state index in [1.54, 1.807) is 32.2 Å². The Bertz CT molecular complexity index is 658. The van der Waals surface area contributed by atoms with E-state index in [4.69, 9.17) is 5.11 Å². The average Bonchev–Trinajstić information content (AvgIpc) is 2.45. The van der Waals surface area contributed by atoms with Gasteiger partial charge in [-0.3, -0.25) is 14.3 Å². The van der Waals surface area contributed by atoms with Crippen molar-refractivity contribution in [2.45, 2.75) is 26.2 Å². The van der Waals surface area contributed by atoms with Crippen molar-refractivity contribution in [2.24, 2.45) is 0 Å². The van der Waals surface area contributed by atoms with Crippen LogP contribution in [0.4, 0.5) is 5.69 Å². The third-order valence-electron chi connectivity index (χ3n) is 3.09. The highest BCUT2D eigenvalue weighted by atomic mass is 32.2. The second kappa shape index (κ2) is 8.52. The molecule has 0 heterocycles. The Kier molecular flexibility index (Phi) is 7.02. The summed E-state index contributed by atoms with van der Waals surface area (Å²) >= 11 is 0. The number of benzene rings is 1. The molecule has 0 spiro atoms. The zero-order valence-corrected chi connectivity index (χ0v) is 14.1. The quantitative estimate of drug-likeness (QED) is 0.712. The Morgan fingerprint density at radius 2 is 2.00 bits per heavy atom. The molecular formula is C15H22N2O5S. The summed E-state index contributed by atoms with van der Waals surface area (Å²) < 4.78 is 26.0. The molecule has 1 aromatic carbocycles. The van der Waals surface area contributed by atoms with E-state index < -0.39 is 16.0 Å². The number of carboxylic acid groups (broad SMARTS) is 1. The van der Waals surface area contributed by atoms with Crippen LogP contribution in [0.1, 0.15) is 36.5 Å². The zero-order chi connectivity index (χ0) is 17.5. The zero-order valence-electron chi connectivity index (χ0n) is 13.3. The summed E-state index contributed by atoms with van der Waals surface area (Å²) in [6.07, 6.45) is 0.856. The monoisotopic (exact) mass is 342 g/mol. The third-order valence-corrected chi connectivity index (χ3v) is 4.58. The molecule has 0 aliphatic heterocycles. The molecule has 0 fully saturated rings. The molecule has 0 aromatic heterocycles. The van der Waals surface area contributed by atoms with Gasteiger partial charge in [-0.15, -0.1) is 0 Å². The van der Waals surface area contributed by atoms with Crippen molar-refractivity contribution in [3.05, 3.63) is 29.8 Å². The normalized spacial score (nSPS) is 11.0. The van der Waals surface area contributed by atoms with Crippen LogP contribution in [0.15, 0.2) is 24.3 Å². The minimum absolute atomic E-state index is 0.00548. The first-order chi connectivity index (χ1) is 10.7. The van der Waals surface area contributed by atoms with Gasteiger partial charge in [0.05, 0.1) is 5.75 Å². The number of rotatable bonds is 9. The summed E-state index contributed by atoms with van der Waals surface area (Å²) in [5.74, 6) is -1.18. The Balaban J connectivity index is 2.75. The summed E-state index contributed by atoms with van der Waals surface area (Å²) in [5, 5.41) is 8.60. The van der Waals surface area contributed by atoms with E-state index in [1.165, 1.54) is 11.0 Å². The smallest absolute Gasteiger partial charge is 0.303 e. The van der Waals surface area contributed by atoms with Gasteiger partial charge < -0.3 is 10.0 Å². The molecule has 0 aliphatic carbocycles. The number of carboxylic acids is 1. The van der Waals surface area contributed by atoms with Gasteiger partial charge in [-0.05, 0) is 31.0 Å². The lowest BCUT2D eigenvalue weighted by Gasteiger charge is -2.17. The van der Waals surface area contributed by atoms with Gasteiger partial charge in [-0.2, -0.15) is 0 Å². The molecule has 0 atom stereocenters. The number of hydrogen-bond donors (Lipinski definition) is 2. The first-order valence-electron chi connectivity index (χ1n) is 7.33. The fraction of sp³-hybridized carbons (Fsp3) is 0.467. The minimum Gasteiger partial charge on any atom is -0.481 e.